The van der Waals surface area contributed by atoms with Crippen molar-refractivity contribution in [1.82, 2.24) is 14.9 Å². The first-order chi connectivity index (χ1) is 9.06. The van der Waals surface area contributed by atoms with Gasteiger partial charge in [0.15, 0.2) is 0 Å². The number of nitrogens with zero attached hydrogens (tertiary/aromatic N) is 2. The van der Waals surface area contributed by atoms with Crippen molar-refractivity contribution < 1.29 is 4.39 Å². The second-order valence-electron chi connectivity index (χ2n) is 5.08. The maximum atomic E-state index is 13.1. The van der Waals surface area contributed by atoms with Crippen molar-refractivity contribution in [3.63, 3.8) is 0 Å². The van der Waals surface area contributed by atoms with Gasteiger partial charge in [0.1, 0.15) is 11.6 Å². The number of aryl methyl sites for hydroxylation is 1. The van der Waals surface area contributed by atoms with Crippen molar-refractivity contribution in [2.75, 3.05) is 0 Å². The molecule has 0 aliphatic rings. The molecule has 0 atom stereocenters. The normalized spacial score (nSPS) is 11.2. The van der Waals surface area contributed by atoms with Gasteiger partial charge in [-0.2, -0.15) is 0 Å². The molecular weight excluding hydrogens is 241 g/mol. The third kappa shape index (κ3) is 3.64. The molecular formula is C15H20FN3. The zero-order chi connectivity index (χ0) is 13.8. The Bertz CT molecular complexity index is 546. The molecule has 0 unspecified atom stereocenters. The molecule has 0 radical (unpaired) electrons. The van der Waals surface area contributed by atoms with Crippen molar-refractivity contribution in [1.29, 1.82) is 0 Å². The maximum absolute atomic E-state index is 13.1. The zero-order valence-corrected chi connectivity index (χ0v) is 11.7. The minimum absolute atomic E-state index is 0.187. The smallest absolute Gasteiger partial charge is 0.123 e. The van der Waals surface area contributed by atoms with Gasteiger partial charge in [0, 0.05) is 25.0 Å². The molecule has 19 heavy (non-hydrogen) atoms. The van der Waals surface area contributed by atoms with E-state index < -0.39 is 0 Å². The van der Waals surface area contributed by atoms with E-state index in [0.29, 0.717) is 6.04 Å². The molecule has 102 valence electrons. The second-order valence-corrected chi connectivity index (χ2v) is 5.08. The third-order valence-corrected chi connectivity index (χ3v) is 3.12. The molecule has 1 N–H and O–H groups in total. The highest BCUT2D eigenvalue weighted by Crippen LogP contribution is 2.13. The van der Waals surface area contributed by atoms with E-state index in [1.54, 1.807) is 12.3 Å². The van der Waals surface area contributed by atoms with Gasteiger partial charge in [-0.3, -0.25) is 0 Å². The number of aromatic nitrogens is 2. The molecule has 0 aliphatic carbocycles. The van der Waals surface area contributed by atoms with Crippen LogP contribution in [0.25, 0.3) is 0 Å². The summed E-state index contributed by atoms with van der Waals surface area (Å²) in [6.07, 6.45) is 3.76. The highest BCUT2D eigenvalue weighted by molar-refractivity contribution is 5.27. The van der Waals surface area contributed by atoms with Gasteiger partial charge in [0.05, 0.1) is 6.54 Å². The van der Waals surface area contributed by atoms with Gasteiger partial charge >= 0.3 is 0 Å². The minimum Gasteiger partial charge on any atom is -0.329 e. The molecule has 2 aromatic rings. The quantitative estimate of drug-likeness (QED) is 0.897. The lowest BCUT2D eigenvalue weighted by Crippen LogP contribution is -2.24. The van der Waals surface area contributed by atoms with Crippen LogP contribution in [0.5, 0.6) is 0 Å². The van der Waals surface area contributed by atoms with Crippen LogP contribution in [0, 0.1) is 12.7 Å². The van der Waals surface area contributed by atoms with E-state index in [2.05, 4.69) is 28.7 Å². The lowest BCUT2D eigenvalue weighted by Gasteiger charge is -2.12. The predicted molar refractivity (Wildman–Crippen MR) is 74.4 cm³/mol. The van der Waals surface area contributed by atoms with Crippen LogP contribution in [0.4, 0.5) is 4.39 Å². The number of rotatable bonds is 5. The van der Waals surface area contributed by atoms with Crippen LogP contribution in [0.15, 0.2) is 30.6 Å². The van der Waals surface area contributed by atoms with Gasteiger partial charge in [-0.1, -0.05) is 19.9 Å². The van der Waals surface area contributed by atoms with E-state index in [0.717, 1.165) is 30.0 Å². The topological polar surface area (TPSA) is 29.9 Å². The van der Waals surface area contributed by atoms with Crippen molar-refractivity contribution in [3.05, 3.63) is 53.4 Å². The van der Waals surface area contributed by atoms with Crippen LogP contribution < -0.4 is 5.32 Å². The molecule has 0 fully saturated rings. The lowest BCUT2D eigenvalue weighted by atomic mass is 10.1. The Hall–Kier alpha value is -1.68. The van der Waals surface area contributed by atoms with Crippen LogP contribution in [-0.2, 0) is 13.1 Å². The Labute approximate surface area is 113 Å². The summed E-state index contributed by atoms with van der Waals surface area (Å²) in [5.41, 5.74) is 2.08. The summed E-state index contributed by atoms with van der Waals surface area (Å²) < 4.78 is 15.2. The van der Waals surface area contributed by atoms with Gasteiger partial charge in [-0.05, 0) is 30.2 Å². The average molecular weight is 261 g/mol. The SMILES string of the molecule is Cc1cc(F)ccc1Cn1ccnc1CNC(C)C. The highest BCUT2D eigenvalue weighted by atomic mass is 19.1. The minimum atomic E-state index is -0.187. The lowest BCUT2D eigenvalue weighted by molar-refractivity contribution is 0.554. The second kappa shape index (κ2) is 5.97. The third-order valence-electron chi connectivity index (χ3n) is 3.12. The van der Waals surface area contributed by atoms with Crippen molar-refractivity contribution >= 4 is 0 Å². The summed E-state index contributed by atoms with van der Waals surface area (Å²) in [5, 5.41) is 3.35. The van der Waals surface area contributed by atoms with Crippen molar-refractivity contribution in [3.8, 4) is 0 Å². The van der Waals surface area contributed by atoms with Crippen LogP contribution in [0.2, 0.25) is 0 Å². The predicted octanol–water partition coefficient (Wildman–Crippen LogP) is 2.88. The molecule has 3 nitrogen and oxygen atoms in total. The molecule has 1 aromatic carbocycles. The summed E-state index contributed by atoms with van der Waals surface area (Å²) in [6, 6.07) is 5.34. The Morgan fingerprint density at radius 3 is 2.84 bits per heavy atom. The molecule has 0 saturated heterocycles. The first-order valence-electron chi connectivity index (χ1n) is 6.54. The van der Waals surface area contributed by atoms with E-state index in [9.17, 15) is 4.39 Å². The van der Waals surface area contributed by atoms with Crippen LogP contribution in [0.3, 0.4) is 0 Å². The fourth-order valence-electron chi connectivity index (χ4n) is 1.97. The van der Waals surface area contributed by atoms with Crippen LogP contribution >= 0.6 is 0 Å². The number of nitrogens with one attached hydrogen (secondary N) is 1. The number of hydrogen-bond acceptors (Lipinski definition) is 2. The molecule has 1 aromatic heterocycles. The number of hydrogen-bond donors (Lipinski definition) is 1. The molecule has 0 aliphatic heterocycles. The molecule has 1 heterocycles. The first kappa shape index (κ1) is 13.7. The zero-order valence-electron chi connectivity index (χ0n) is 11.7. The van der Waals surface area contributed by atoms with Gasteiger partial charge < -0.3 is 9.88 Å². The fourth-order valence-corrected chi connectivity index (χ4v) is 1.97. The summed E-state index contributed by atoms with van der Waals surface area (Å²) >= 11 is 0. The Morgan fingerprint density at radius 2 is 2.16 bits per heavy atom. The van der Waals surface area contributed by atoms with Crippen molar-refractivity contribution in [2.24, 2.45) is 0 Å². The van der Waals surface area contributed by atoms with Gasteiger partial charge in [-0.15, -0.1) is 0 Å². The summed E-state index contributed by atoms with van der Waals surface area (Å²) in [4.78, 5) is 4.36. The van der Waals surface area contributed by atoms with Crippen LogP contribution in [0.1, 0.15) is 30.8 Å². The number of imidazole rings is 1. The van der Waals surface area contributed by atoms with E-state index >= 15 is 0 Å². The highest BCUT2D eigenvalue weighted by Gasteiger charge is 2.06. The number of benzene rings is 1. The first-order valence-corrected chi connectivity index (χ1v) is 6.54. The Kier molecular flexibility index (Phi) is 4.32. The molecule has 0 saturated carbocycles. The standard InChI is InChI=1S/C15H20FN3/c1-11(2)18-9-15-17-6-7-19(15)10-13-4-5-14(16)8-12(13)3/h4-8,11,18H,9-10H2,1-3H3. The molecule has 4 heteroatoms. The largest absolute Gasteiger partial charge is 0.329 e. The number of halogens is 1. The average Bonchev–Trinajstić information content (AvgIpc) is 2.77. The molecule has 2 rings (SSSR count). The Morgan fingerprint density at radius 1 is 1.37 bits per heavy atom. The summed E-state index contributed by atoms with van der Waals surface area (Å²) in [5.74, 6) is 0.811. The fraction of sp³-hybridized carbons (Fsp3) is 0.400. The van der Waals surface area contributed by atoms with E-state index in [1.807, 2.05) is 19.2 Å². The molecule has 0 amide bonds. The summed E-state index contributed by atoms with van der Waals surface area (Å²) in [7, 11) is 0. The monoisotopic (exact) mass is 261 g/mol. The summed E-state index contributed by atoms with van der Waals surface area (Å²) in [6.45, 7) is 7.61. The molecule has 0 bridgehead atoms. The van der Waals surface area contributed by atoms with Crippen molar-refractivity contribution in [2.45, 2.75) is 39.9 Å². The Balaban J connectivity index is 2.12. The van der Waals surface area contributed by atoms with Gasteiger partial charge in [0.2, 0.25) is 0 Å². The van der Waals surface area contributed by atoms with Gasteiger partial charge in [-0.25, -0.2) is 9.37 Å². The van der Waals surface area contributed by atoms with Crippen LogP contribution in [-0.4, -0.2) is 15.6 Å². The van der Waals surface area contributed by atoms with E-state index in [1.165, 1.54) is 6.07 Å². The van der Waals surface area contributed by atoms with E-state index in [4.69, 9.17) is 0 Å². The van der Waals surface area contributed by atoms with Gasteiger partial charge in [0.25, 0.3) is 0 Å². The van der Waals surface area contributed by atoms with E-state index in [-0.39, 0.29) is 5.82 Å². The molecule has 0 spiro atoms. The maximum Gasteiger partial charge on any atom is 0.123 e.